The van der Waals surface area contributed by atoms with Crippen molar-refractivity contribution >= 4 is 17.4 Å². The molecule has 0 radical (unpaired) electrons. The summed E-state index contributed by atoms with van der Waals surface area (Å²) in [6, 6.07) is 9.29. The van der Waals surface area contributed by atoms with E-state index in [1.807, 2.05) is 36.9 Å². The molecule has 3 rings (SSSR count). The van der Waals surface area contributed by atoms with E-state index in [-0.39, 0.29) is 6.04 Å². The van der Waals surface area contributed by atoms with Gasteiger partial charge in [-0.3, -0.25) is 4.90 Å². The number of allylic oxidation sites excluding steroid dienone is 2. The second-order valence-corrected chi connectivity index (χ2v) is 8.20. The topological polar surface area (TPSA) is 6.48 Å². The monoisotopic (exact) mass is 364 g/mol. The van der Waals surface area contributed by atoms with Crippen LogP contribution < -0.4 is 4.90 Å². The van der Waals surface area contributed by atoms with Crippen molar-refractivity contribution in [3.63, 3.8) is 0 Å². The van der Waals surface area contributed by atoms with Gasteiger partial charge < -0.3 is 4.90 Å². The van der Waals surface area contributed by atoms with Crippen molar-refractivity contribution in [2.45, 2.75) is 36.0 Å². The van der Waals surface area contributed by atoms with Crippen LogP contribution in [0, 0.1) is 11.8 Å². The van der Waals surface area contributed by atoms with Gasteiger partial charge in [-0.15, -0.1) is 17.7 Å². The van der Waals surface area contributed by atoms with Gasteiger partial charge in [-0.25, -0.2) is 0 Å². The average Bonchev–Trinajstić information content (AvgIpc) is 3.47. The number of benzene rings is 1. The molecule has 0 N–H and O–H groups in total. The maximum atomic E-state index is 3.91. The fraction of sp³-hybridized carbons (Fsp3) is 0.391. The van der Waals surface area contributed by atoms with Gasteiger partial charge in [0, 0.05) is 42.0 Å². The summed E-state index contributed by atoms with van der Waals surface area (Å²) in [5, 5.41) is 0.853. The van der Waals surface area contributed by atoms with Gasteiger partial charge in [0.15, 0.2) is 0 Å². The first-order chi connectivity index (χ1) is 12.7. The van der Waals surface area contributed by atoms with Crippen LogP contribution in [0.3, 0.4) is 0 Å². The molecule has 1 aliphatic carbocycles. The van der Waals surface area contributed by atoms with Crippen LogP contribution >= 0.6 is 11.8 Å². The van der Waals surface area contributed by atoms with Crippen LogP contribution in [0.1, 0.15) is 19.8 Å². The number of anilines is 1. The molecule has 2 nitrogen and oxygen atoms in total. The third kappa shape index (κ3) is 5.06. The first kappa shape index (κ1) is 18.9. The lowest BCUT2D eigenvalue weighted by molar-refractivity contribution is 0.260. The highest BCUT2D eigenvalue weighted by molar-refractivity contribution is 8.00. The number of hydrogen-bond donors (Lipinski definition) is 0. The smallest absolute Gasteiger partial charge is 0.103 e. The molecular formula is C23H28N2S. The Morgan fingerprint density at radius 3 is 2.62 bits per heavy atom. The molecule has 1 saturated heterocycles. The van der Waals surface area contributed by atoms with Crippen LogP contribution in [-0.4, -0.2) is 42.4 Å². The van der Waals surface area contributed by atoms with Crippen molar-refractivity contribution in [1.82, 2.24) is 4.90 Å². The summed E-state index contributed by atoms with van der Waals surface area (Å²) >= 11 is 2.01. The van der Waals surface area contributed by atoms with E-state index in [2.05, 4.69) is 59.1 Å². The van der Waals surface area contributed by atoms with E-state index in [4.69, 9.17) is 0 Å². The van der Waals surface area contributed by atoms with Crippen LogP contribution in [0.25, 0.3) is 0 Å². The maximum Gasteiger partial charge on any atom is 0.103 e. The van der Waals surface area contributed by atoms with Crippen LogP contribution in [0.5, 0.6) is 0 Å². The van der Waals surface area contributed by atoms with Gasteiger partial charge in [0.25, 0.3) is 0 Å². The fourth-order valence-electron chi connectivity index (χ4n) is 3.27. The molecule has 0 unspecified atom stereocenters. The summed E-state index contributed by atoms with van der Waals surface area (Å²) in [6.07, 6.45) is 8.53. The van der Waals surface area contributed by atoms with E-state index >= 15 is 0 Å². The Bertz CT molecular complexity index is 719. The second kappa shape index (κ2) is 9.16. The Labute approximate surface area is 162 Å². The van der Waals surface area contributed by atoms with Gasteiger partial charge in [-0.05, 0) is 49.6 Å². The quantitative estimate of drug-likeness (QED) is 0.509. The highest BCUT2D eigenvalue weighted by Gasteiger charge is 2.26. The minimum atomic E-state index is 0.227. The third-order valence-corrected chi connectivity index (χ3v) is 6.12. The number of hydrogen-bond acceptors (Lipinski definition) is 3. The minimum absolute atomic E-state index is 0.227. The molecule has 26 heavy (non-hydrogen) atoms. The molecule has 2 fully saturated rings. The summed E-state index contributed by atoms with van der Waals surface area (Å²) in [5.74, 6) is 6.53. The molecule has 136 valence electrons. The summed E-state index contributed by atoms with van der Waals surface area (Å²) in [7, 11) is 0. The lowest BCUT2D eigenvalue weighted by Crippen LogP contribution is -2.53. The van der Waals surface area contributed by atoms with Crippen molar-refractivity contribution in [3.05, 3.63) is 61.2 Å². The van der Waals surface area contributed by atoms with Crippen molar-refractivity contribution in [2.75, 3.05) is 31.1 Å². The Morgan fingerprint density at radius 1 is 1.23 bits per heavy atom. The van der Waals surface area contributed by atoms with Crippen molar-refractivity contribution < 1.29 is 0 Å². The third-order valence-electron chi connectivity index (χ3n) is 4.77. The molecule has 1 atom stereocenters. The Kier molecular flexibility index (Phi) is 6.66. The standard InChI is InChI=1S/C23H28N2S/c1-4-7-19(6-3)17-24-15-16-25(21(18-24)8-5-2)20-9-11-22(12-10-20)26-23-13-14-23/h4,6-7,9-12,21,23H,1,3,13-18H2,2H3/b19-7+/t21-/m0/s1. The molecule has 0 amide bonds. The lowest BCUT2D eigenvalue weighted by Gasteiger charge is -2.40. The van der Waals surface area contributed by atoms with Crippen molar-refractivity contribution in [3.8, 4) is 11.8 Å². The van der Waals surface area contributed by atoms with Gasteiger partial charge in [0.05, 0.1) is 0 Å². The van der Waals surface area contributed by atoms with Crippen LogP contribution in [0.2, 0.25) is 0 Å². The first-order valence-corrected chi connectivity index (χ1v) is 10.2. The SMILES string of the molecule is C=C/C=C(\C=C)CN1CCN(c2ccc(SC3CC3)cc2)[C@@H](C#CC)C1. The fourth-order valence-corrected chi connectivity index (χ4v) is 4.32. The second-order valence-electron chi connectivity index (χ2n) is 6.83. The lowest BCUT2D eigenvalue weighted by atomic mass is 10.1. The van der Waals surface area contributed by atoms with Gasteiger partial charge >= 0.3 is 0 Å². The van der Waals surface area contributed by atoms with Crippen molar-refractivity contribution in [2.24, 2.45) is 0 Å². The molecule has 1 aliphatic heterocycles. The van der Waals surface area contributed by atoms with E-state index in [1.165, 1.54) is 29.0 Å². The highest BCUT2D eigenvalue weighted by Crippen LogP contribution is 2.39. The molecule has 1 saturated carbocycles. The zero-order valence-electron chi connectivity index (χ0n) is 15.7. The summed E-state index contributed by atoms with van der Waals surface area (Å²) in [5.41, 5.74) is 2.49. The Hall–Kier alpha value is -1.89. The summed E-state index contributed by atoms with van der Waals surface area (Å²) in [6.45, 7) is 13.5. The maximum absolute atomic E-state index is 3.91. The van der Waals surface area contributed by atoms with Crippen LogP contribution in [-0.2, 0) is 0 Å². The first-order valence-electron chi connectivity index (χ1n) is 9.35. The van der Waals surface area contributed by atoms with E-state index in [9.17, 15) is 0 Å². The number of piperazine rings is 1. The van der Waals surface area contributed by atoms with E-state index in [0.717, 1.165) is 31.4 Å². The van der Waals surface area contributed by atoms with Crippen LogP contribution in [0.4, 0.5) is 5.69 Å². The molecule has 1 aromatic rings. The number of nitrogens with zero attached hydrogens (tertiary/aromatic N) is 2. The zero-order valence-corrected chi connectivity index (χ0v) is 16.5. The van der Waals surface area contributed by atoms with Gasteiger partial charge in [0.1, 0.15) is 6.04 Å². The number of rotatable bonds is 7. The van der Waals surface area contributed by atoms with E-state index in [0.29, 0.717) is 0 Å². The molecule has 0 spiro atoms. The molecule has 1 aromatic carbocycles. The van der Waals surface area contributed by atoms with Crippen molar-refractivity contribution in [1.29, 1.82) is 0 Å². The highest BCUT2D eigenvalue weighted by atomic mass is 32.2. The Balaban J connectivity index is 1.67. The molecule has 1 heterocycles. The predicted octanol–water partition coefficient (Wildman–Crippen LogP) is 4.75. The van der Waals surface area contributed by atoms with Gasteiger partial charge in [-0.2, -0.15) is 0 Å². The Morgan fingerprint density at radius 2 is 2.00 bits per heavy atom. The average molecular weight is 365 g/mol. The summed E-state index contributed by atoms with van der Waals surface area (Å²) in [4.78, 5) is 6.29. The molecule has 2 aliphatic rings. The normalized spacial score (nSPS) is 21.0. The largest absolute Gasteiger partial charge is 0.355 e. The molecule has 0 bridgehead atoms. The van der Waals surface area contributed by atoms with Crippen LogP contribution in [0.15, 0.2) is 66.1 Å². The van der Waals surface area contributed by atoms with E-state index in [1.54, 1.807) is 0 Å². The van der Waals surface area contributed by atoms with E-state index < -0.39 is 0 Å². The van der Waals surface area contributed by atoms with Gasteiger partial charge in [-0.1, -0.05) is 37.3 Å². The molecule has 3 heteroatoms. The predicted molar refractivity (Wildman–Crippen MR) is 115 cm³/mol. The molecular weight excluding hydrogens is 336 g/mol. The summed E-state index contributed by atoms with van der Waals surface area (Å²) < 4.78 is 0. The molecule has 0 aromatic heterocycles. The minimum Gasteiger partial charge on any atom is -0.355 e. The van der Waals surface area contributed by atoms with Gasteiger partial charge in [0.2, 0.25) is 0 Å². The zero-order chi connectivity index (χ0) is 18.4. The number of thioether (sulfide) groups is 1.